The van der Waals surface area contributed by atoms with Gasteiger partial charge in [-0.25, -0.2) is 5.43 Å². The van der Waals surface area contributed by atoms with Gasteiger partial charge in [0.05, 0.1) is 19.2 Å². The predicted octanol–water partition coefficient (Wildman–Crippen LogP) is 4.88. The molecule has 36 heavy (non-hydrogen) atoms. The smallest absolute Gasteiger partial charge is 0.247 e. The lowest BCUT2D eigenvalue weighted by Crippen LogP contribution is -2.19. The first-order valence-electron chi connectivity index (χ1n) is 11.7. The molecule has 2 aromatic carbocycles. The molecule has 0 aliphatic carbocycles. The summed E-state index contributed by atoms with van der Waals surface area (Å²) in [4.78, 5) is 12.0. The van der Waals surface area contributed by atoms with Crippen LogP contribution in [0.2, 0.25) is 5.02 Å². The van der Waals surface area contributed by atoms with Crippen LogP contribution in [0.1, 0.15) is 43.2 Å². The Morgan fingerprint density at radius 2 is 1.75 bits per heavy atom. The van der Waals surface area contributed by atoms with Crippen molar-refractivity contribution in [2.75, 3.05) is 25.6 Å². The molecule has 3 aromatic rings. The van der Waals surface area contributed by atoms with Crippen LogP contribution in [-0.4, -0.2) is 42.1 Å². The van der Waals surface area contributed by atoms with Crippen molar-refractivity contribution in [2.45, 2.75) is 39.0 Å². The fourth-order valence-corrected chi connectivity index (χ4v) is 3.89. The van der Waals surface area contributed by atoms with Crippen LogP contribution in [0.5, 0.6) is 17.2 Å². The van der Waals surface area contributed by atoms with Crippen LogP contribution in [0.3, 0.4) is 0 Å². The molecule has 3 rings (SSSR count). The van der Waals surface area contributed by atoms with E-state index in [2.05, 4.69) is 27.6 Å². The molecule has 3 N–H and O–H groups in total. The standard InChI is InChI=1S/C25H30ClN5O4S/c1-2-3-4-5-12-33-20-7-9-21(10-8-20)34-13-14-35-22-11-6-19(26)15-18(22)17-28-29-23(32)16-24-30-31-25(27)36-24/h6-11,15,17H,2-5,12-14,16H2,1H3,(H2,27,31)(H,29,32). The second kappa shape index (κ2) is 14.9. The van der Waals surface area contributed by atoms with Gasteiger partial charge in [-0.15, -0.1) is 10.2 Å². The van der Waals surface area contributed by atoms with E-state index < -0.39 is 0 Å². The molecular weight excluding hydrogens is 502 g/mol. The summed E-state index contributed by atoms with van der Waals surface area (Å²) in [6.45, 7) is 3.57. The van der Waals surface area contributed by atoms with E-state index in [0.29, 0.717) is 39.7 Å². The average Bonchev–Trinajstić information content (AvgIpc) is 3.27. The number of aromatic nitrogens is 2. The Bertz CT molecular complexity index is 1120. The van der Waals surface area contributed by atoms with E-state index in [0.717, 1.165) is 35.9 Å². The van der Waals surface area contributed by atoms with Crippen molar-refractivity contribution < 1.29 is 19.0 Å². The number of ether oxygens (including phenoxy) is 3. The van der Waals surface area contributed by atoms with Gasteiger partial charge in [-0.3, -0.25) is 4.79 Å². The van der Waals surface area contributed by atoms with Gasteiger partial charge in [0.1, 0.15) is 35.5 Å². The van der Waals surface area contributed by atoms with Gasteiger partial charge in [0.15, 0.2) is 0 Å². The maximum absolute atomic E-state index is 12.0. The number of unbranched alkanes of at least 4 members (excludes halogenated alkanes) is 3. The summed E-state index contributed by atoms with van der Waals surface area (Å²) in [7, 11) is 0. The first-order chi connectivity index (χ1) is 17.5. The molecule has 1 heterocycles. The van der Waals surface area contributed by atoms with E-state index in [1.807, 2.05) is 24.3 Å². The van der Waals surface area contributed by atoms with Crippen LogP contribution in [-0.2, 0) is 11.2 Å². The van der Waals surface area contributed by atoms with Gasteiger partial charge in [-0.05, 0) is 48.9 Å². The molecule has 0 fully saturated rings. The molecule has 0 bridgehead atoms. The summed E-state index contributed by atoms with van der Waals surface area (Å²) in [5.74, 6) is 1.78. The molecule has 1 amide bonds. The van der Waals surface area contributed by atoms with Crippen molar-refractivity contribution >= 4 is 40.2 Å². The molecule has 0 aliphatic heterocycles. The van der Waals surface area contributed by atoms with Crippen LogP contribution in [0.15, 0.2) is 47.6 Å². The fourth-order valence-electron chi connectivity index (χ4n) is 3.10. The SMILES string of the molecule is CCCCCCOc1ccc(OCCOc2ccc(Cl)cc2C=NNC(=O)Cc2nnc(N)s2)cc1. The third-order valence-electron chi connectivity index (χ3n) is 4.86. The minimum atomic E-state index is -0.340. The van der Waals surface area contributed by atoms with E-state index >= 15 is 0 Å². The van der Waals surface area contributed by atoms with Gasteiger partial charge in [0, 0.05) is 10.6 Å². The molecule has 1 aromatic heterocycles. The topological polar surface area (TPSA) is 121 Å². The highest BCUT2D eigenvalue weighted by Gasteiger charge is 2.08. The lowest BCUT2D eigenvalue weighted by atomic mass is 10.2. The molecule has 0 saturated heterocycles. The number of hydrazone groups is 1. The molecule has 0 aliphatic rings. The molecule has 0 radical (unpaired) electrons. The molecule has 9 nitrogen and oxygen atoms in total. The Morgan fingerprint density at radius 3 is 2.44 bits per heavy atom. The first kappa shape index (κ1) is 27.2. The largest absolute Gasteiger partial charge is 0.494 e. The van der Waals surface area contributed by atoms with E-state index in [9.17, 15) is 4.79 Å². The second-order valence-electron chi connectivity index (χ2n) is 7.76. The number of hydrogen-bond acceptors (Lipinski definition) is 9. The van der Waals surface area contributed by atoms with Gasteiger partial charge in [0.25, 0.3) is 0 Å². The monoisotopic (exact) mass is 531 g/mol. The number of nitrogen functional groups attached to an aromatic ring is 1. The van der Waals surface area contributed by atoms with Gasteiger partial charge in [-0.1, -0.05) is 49.1 Å². The van der Waals surface area contributed by atoms with Crippen LogP contribution in [0.4, 0.5) is 5.13 Å². The van der Waals surface area contributed by atoms with Crippen molar-refractivity contribution in [3.63, 3.8) is 0 Å². The zero-order valence-corrected chi connectivity index (χ0v) is 21.7. The molecule has 0 saturated carbocycles. The summed E-state index contributed by atoms with van der Waals surface area (Å²) in [5, 5.41) is 12.8. The van der Waals surface area contributed by atoms with E-state index in [4.69, 9.17) is 31.5 Å². The molecule has 0 spiro atoms. The Labute approximate surface area is 219 Å². The maximum Gasteiger partial charge on any atom is 0.247 e. The van der Waals surface area contributed by atoms with Crippen LogP contribution in [0.25, 0.3) is 0 Å². The third-order valence-corrected chi connectivity index (χ3v) is 5.85. The number of hydrogen-bond donors (Lipinski definition) is 2. The average molecular weight is 532 g/mol. The van der Waals surface area contributed by atoms with Crippen molar-refractivity contribution in [2.24, 2.45) is 5.10 Å². The highest BCUT2D eigenvalue weighted by Crippen LogP contribution is 2.22. The van der Waals surface area contributed by atoms with Crippen LogP contribution in [0, 0.1) is 0 Å². The van der Waals surface area contributed by atoms with Gasteiger partial charge < -0.3 is 19.9 Å². The van der Waals surface area contributed by atoms with Crippen molar-refractivity contribution in [1.29, 1.82) is 0 Å². The number of nitrogens with zero attached hydrogens (tertiary/aromatic N) is 3. The minimum Gasteiger partial charge on any atom is -0.494 e. The number of halogens is 1. The lowest BCUT2D eigenvalue weighted by Gasteiger charge is -2.11. The zero-order chi connectivity index (χ0) is 25.6. The van der Waals surface area contributed by atoms with Gasteiger partial charge >= 0.3 is 0 Å². The van der Waals surface area contributed by atoms with E-state index in [1.54, 1.807) is 18.2 Å². The number of amides is 1. The first-order valence-corrected chi connectivity index (χ1v) is 12.9. The van der Waals surface area contributed by atoms with Gasteiger partial charge in [0.2, 0.25) is 11.0 Å². The summed E-state index contributed by atoms with van der Waals surface area (Å²) >= 11 is 7.26. The Balaban J connectivity index is 1.42. The van der Waals surface area contributed by atoms with E-state index in [-0.39, 0.29) is 12.3 Å². The van der Waals surface area contributed by atoms with Crippen LogP contribution < -0.4 is 25.4 Å². The molecule has 0 unspecified atom stereocenters. The highest BCUT2D eigenvalue weighted by atomic mass is 35.5. The number of rotatable bonds is 15. The highest BCUT2D eigenvalue weighted by molar-refractivity contribution is 7.15. The Hall–Kier alpha value is -3.37. The summed E-state index contributed by atoms with van der Waals surface area (Å²) in [5.41, 5.74) is 8.58. The second-order valence-corrected chi connectivity index (χ2v) is 9.29. The van der Waals surface area contributed by atoms with Crippen LogP contribution >= 0.6 is 22.9 Å². The normalized spacial score (nSPS) is 10.9. The quantitative estimate of drug-likeness (QED) is 0.163. The molecule has 192 valence electrons. The number of carbonyl (C=O) groups is 1. The van der Waals surface area contributed by atoms with Crippen molar-refractivity contribution in [3.8, 4) is 17.2 Å². The van der Waals surface area contributed by atoms with Crippen molar-refractivity contribution in [3.05, 3.63) is 58.1 Å². The predicted molar refractivity (Wildman–Crippen MR) is 142 cm³/mol. The number of benzene rings is 2. The number of anilines is 1. The van der Waals surface area contributed by atoms with Crippen molar-refractivity contribution in [1.82, 2.24) is 15.6 Å². The number of nitrogens with two attached hydrogens (primary N) is 1. The summed E-state index contributed by atoms with van der Waals surface area (Å²) < 4.78 is 17.3. The fraction of sp³-hybridized carbons (Fsp3) is 0.360. The third kappa shape index (κ3) is 9.71. The maximum atomic E-state index is 12.0. The summed E-state index contributed by atoms with van der Waals surface area (Å²) in [6.07, 6.45) is 6.21. The Morgan fingerprint density at radius 1 is 1.03 bits per heavy atom. The van der Waals surface area contributed by atoms with Gasteiger partial charge in [-0.2, -0.15) is 5.10 Å². The number of nitrogens with one attached hydrogen (secondary N) is 1. The molecule has 0 atom stereocenters. The minimum absolute atomic E-state index is 0.0362. The molecular formula is C25H30ClN5O4S. The lowest BCUT2D eigenvalue weighted by molar-refractivity contribution is -0.120. The Kier molecular flexibility index (Phi) is 11.3. The zero-order valence-electron chi connectivity index (χ0n) is 20.1. The van der Waals surface area contributed by atoms with E-state index in [1.165, 1.54) is 25.5 Å². The summed E-state index contributed by atoms with van der Waals surface area (Å²) in [6, 6.07) is 12.7. The number of carbonyl (C=O) groups excluding carboxylic acids is 1. The molecule has 11 heteroatoms.